The SMILES string of the molecule is CCOC(=O)c1c(OC)ccnc1N[C@@]1(C(=O)c2ccccc2-n2nccn2)CN[C@H](C)C1. The first-order chi connectivity index (χ1) is 16.0. The van der Waals surface area contributed by atoms with Gasteiger partial charge in [-0.2, -0.15) is 15.0 Å². The van der Waals surface area contributed by atoms with Crippen LogP contribution in [-0.4, -0.2) is 63.6 Å². The molecule has 1 fully saturated rings. The normalized spacial score (nSPS) is 19.8. The van der Waals surface area contributed by atoms with E-state index in [1.165, 1.54) is 18.1 Å². The van der Waals surface area contributed by atoms with Crippen molar-refractivity contribution in [2.24, 2.45) is 0 Å². The third-order valence-corrected chi connectivity index (χ3v) is 5.59. The maximum Gasteiger partial charge on any atom is 0.345 e. The maximum absolute atomic E-state index is 14.0. The van der Waals surface area contributed by atoms with E-state index in [0.29, 0.717) is 30.0 Å². The van der Waals surface area contributed by atoms with Crippen LogP contribution < -0.4 is 15.4 Å². The number of methoxy groups -OCH3 is 1. The van der Waals surface area contributed by atoms with Crippen molar-refractivity contribution in [1.29, 1.82) is 0 Å². The molecular formula is C23H26N6O4. The van der Waals surface area contributed by atoms with Crippen molar-refractivity contribution in [3.63, 3.8) is 0 Å². The van der Waals surface area contributed by atoms with E-state index < -0.39 is 11.5 Å². The Morgan fingerprint density at radius 3 is 2.64 bits per heavy atom. The van der Waals surface area contributed by atoms with Crippen LogP contribution in [0.2, 0.25) is 0 Å². The van der Waals surface area contributed by atoms with Gasteiger partial charge in [0.05, 0.1) is 31.8 Å². The van der Waals surface area contributed by atoms with E-state index in [0.717, 1.165) is 0 Å². The predicted octanol–water partition coefficient (Wildman–Crippen LogP) is 2.26. The van der Waals surface area contributed by atoms with Crippen molar-refractivity contribution < 1.29 is 19.1 Å². The summed E-state index contributed by atoms with van der Waals surface area (Å²) in [5.41, 5.74) is 0.106. The van der Waals surface area contributed by atoms with Gasteiger partial charge >= 0.3 is 5.97 Å². The zero-order valence-electron chi connectivity index (χ0n) is 18.7. The third-order valence-electron chi connectivity index (χ3n) is 5.59. The number of pyridine rings is 1. The molecule has 0 bridgehead atoms. The molecule has 4 rings (SSSR count). The molecule has 3 aromatic rings. The highest BCUT2D eigenvalue weighted by Crippen LogP contribution is 2.33. The van der Waals surface area contributed by atoms with Crippen LogP contribution in [0.3, 0.4) is 0 Å². The van der Waals surface area contributed by atoms with Gasteiger partial charge in [-0.25, -0.2) is 9.78 Å². The van der Waals surface area contributed by atoms with Gasteiger partial charge in [0.2, 0.25) is 0 Å². The minimum Gasteiger partial charge on any atom is -0.496 e. The molecule has 1 aliphatic rings. The Labute approximate surface area is 191 Å². The highest BCUT2D eigenvalue weighted by atomic mass is 16.5. The molecule has 2 atom stereocenters. The van der Waals surface area contributed by atoms with E-state index >= 15 is 0 Å². The lowest BCUT2D eigenvalue weighted by Crippen LogP contribution is -2.49. The van der Waals surface area contributed by atoms with Gasteiger partial charge in [0.15, 0.2) is 5.78 Å². The highest BCUT2D eigenvalue weighted by Gasteiger charge is 2.46. The van der Waals surface area contributed by atoms with Crippen LogP contribution in [0.1, 0.15) is 41.0 Å². The van der Waals surface area contributed by atoms with Crippen molar-refractivity contribution in [3.8, 4) is 11.4 Å². The number of anilines is 1. The largest absolute Gasteiger partial charge is 0.496 e. The molecule has 1 saturated heterocycles. The maximum atomic E-state index is 14.0. The van der Waals surface area contributed by atoms with E-state index in [9.17, 15) is 9.59 Å². The summed E-state index contributed by atoms with van der Waals surface area (Å²) in [6.07, 6.45) is 5.11. The number of nitrogens with one attached hydrogen (secondary N) is 2. The highest BCUT2D eigenvalue weighted by molar-refractivity contribution is 6.08. The Morgan fingerprint density at radius 2 is 1.97 bits per heavy atom. The molecule has 2 aromatic heterocycles. The number of nitrogens with zero attached hydrogens (tertiary/aromatic N) is 4. The van der Waals surface area contributed by atoms with Crippen molar-refractivity contribution >= 4 is 17.6 Å². The first-order valence-corrected chi connectivity index (χ1v) is 10.7. The smallest absolute Gasteiger partial charge is 0.345 e. The third kappa shape index (κ3) is 4.29. The summed E-state index contributed by atoms with van der Waals surface area (Å²) < 4.78 is 10.6. The van der Waals surface area contributed by atoms with E-state index in [1.54, 1.807) is 43.6 Å². The van der Waals surface area contributed by atoms with E-state index in [-0.39, 0.29) is 29.8 Å². The van der Waals surface area contributed by atoms with E-state index in [2.05, 4.69) is 25.8 Å². The number of carbonyl (C=O) groups excluding carboxylic acids is 2. The number of ketones is 1. The summed E-state index contributed by atoms with van der Waals surface area (Å²) in [5, 5.41) is 15.0. The Bertz CT molecular complexity index is 1150. The van der Waals surface area contributed by atoms with E-state index in [1.807, 2.05) is 13.0 Å². The van der Waals surface area contributed by atoms with Gasteiger partial charge in [0, 0.05) is 24.3 Å². The van der Waals surface area contributed by atoms with Gasteiger partial charge in [-0.15, -0.1) is 0 Å². The van der Waals surface area contributed by atoms with Crippen LogP contribution in [0.5, 0.6) is 5.75 Å². The van der Waals surface area contributed by atoms with Gasteiger partial charge in [-0.05, 0) is 38.5 Å². The average Bonchev–Trinajstić information content (AvgIpc) is 3.49. The lowest BCUT2D eigenvalue weighted by atomic mass is 9.86. The Morgan fingerprint density at radius 1 is 1.21 bits per heavy atom. The van der Waals surface area contributed by atoms with E-state index in [4.69, 9.17) is 9.47 Å². The fourth-order valence-electron chi connectivity index (χ4n) is 4.11. The summed E-state index contributed by atoms with van der Waals surface area (Å²) in [5.74, 6) is -0.195. The number of aromatic nitrogens is 4. The number of esters is 1. The van der Waals surface area contributed by atoms with Crippen molar-refractivity contribution in [2.75, 3.05) is 25.6 Å². The van der Waals surface area contributed by atoms with Crippen LogP contribution in [0.15, 0.2) is 48.9 Å². The van der Waals surface area contributed by atoms with Crippen molar-refractivity contribution in [3.05, 3.63) is 60.0 Å². The first-order valence-electron chi connectivity index (χ1n) is 10.7. The van der Waals surface area contributed by atoms with Crippen LogP contribution in [0.25, 0.3) is 5.69 Å². The number of Topliss-reactive ketones (excluding diaryl/α,β-unsaturated/α-hetero) is 1. The molecule has 2 N–H and O–H groups in total. The molecule has 0 aliphatic carbocycles. The number of hydrogen-bond donors (Lipinski definition) is 2. The number of para-hydroxylation sites is 1. The summed E-state index contributed by atoms with van der Waals surface area (Å²) in [6, 6.07) is 8.81. The lowest BCUT2D eigenvalue weighted by Gasteiger charge is -2.30. The second-order valence-corrected chi connectivity index (χ2v) is 7.82. The summed E-state index contributed by atoms with van der Waals surface area (Å²) in [6.45, 7) is 4.27. The van der Waals surface area contributed by atoms with Crippen molar-refractivity contribution in [2.45, 2.75) is 31.8 Å². The zero-order valence-corrected chi connectivity index (χ0v) is 18.7. The Kier molecular flexibility index (Phi) is 6.36. The number of benzene rings is 1. The summed E-state index contributed by atoms with van der Waals surface area (Å²) in [7, 11) is 1.47. The van der Waals surface area contributed by atoms with Gasteiger partial charge in [0.1, 0.15) is 22.7 Å². The molecule has 10 heteroatoms. The predicted molar refractivity (Wildman–Crippen MR) is 121 cm³/mol. The quantitative estimate of drug-likeness (QED) is 0.393. The Balaban J connectivity index is 1.79. The fourth-order valence-corrected chi connectivity index (χ4v) is 4.11. The molecule has 1 aromatic carbocycles. The van der Waals surface area contributed by atoms with Crippen LogP contribution >= 0.6 is 0 Å². The second-order valence-electron chi connectivity index (χ2n) is 7.82. The van der Waals surface area contributed by atoms with Crippen LogP contribution in [-0.2, 0) is 4.74 Å². The molecule has 0 unspecified atom stereocenters. The zero-order chi connectivity index (χ0) is 23.4. The number of ether oxygens (including phenoxy) is 2. The van der Waals surface area contributed by atoms with Crippen LogP contribution in [0.4, 0.5) is 5.82 Å². The molecule has 0 amide bonds. The molecule has 172 valence electrons. The first kappa shape index (κ1) is 22.4. The monoisotopic (exact) mass is 450 g/mol. The Hall–Kier alpha value is -3.79. The molecule has 0 spiro atoms. The average molecular weight is 450 g/mol. The number of hydrogen-bond acceptors (Lipinski definition) is 9. The van der Waals surface area contributed by atoms with Gasteiger partial charge in [0.25, 0.3) is 0 Å². The molecule has 0 radical (unpaired) electrons. The fraction of sp³-hybridized carbons (Fsp3) is 0.348. The second kappa shape index (κ2) is 9.37. The van der Waals surface area contributed by atoms with Crippen molar-refractivity contribution in [1.82, 2.24) is 25.3 Å². The molecule has 0 saturated carbocycles. The van der Waals surface area contributed by atoms with Gasteiger partial charge < -0.3 is 20.1 Å². The molecule has 33 heavy (non-hydrogen) atoms. The molecule has 10 nitrogen and oxygen atoms in total. The minimum absolute atomic E-state index is 0.0630. The molecule has 3 heterocycles. The number of carbonyl (C=O) groups is 2. The lowest BCUT2D eigenvalue weighted by molar-refractivity contribution is 0.0523. The van der Waals surface area contributed by atoms with Gasteiger partial charge in [-0.3, -0.25) is 4.79 Å². The number of rotatable bonds is 8. The molecular weight excluding hydrogens is 424 g/mol. The summed E-state index contributed by atoms with van der Waals surface area (Å²) in [4.78, 5) is 32.6. The summed E-state index contributed by atoms with van der Waals surface area (Å²) >= 11 is 0. The molecule has 1 aliphatic heterocycles. The van der Waals surface area contributed by atoms with Crippen LogP contribution in [0, 0.1) is 0 Å². The topological polar surface area (TPSA) is 120 Å². The minimum atomic E-state index is -1.07. The standard InChI is InChI=1S/C23H26N6O4/c1-4-33-22(31)19-18(32-3)9-10-24-21(19)28-23(13-15(2)25-14-23)20(30)16-7-5-6-8-17(16)29-26-11-12-27-29/h5-12,15,25H,4,13-14H2,1-3H3,(H,24,28)/t15-,23-/m1/s1. The van der Waals surface area contributed by atoms with Gasteiger partial charge in [-0.1, -0.05) is 12.1 Å².